The molecule has 0 aliphatic carbocycles. The van der Waals surface area contributed by atoms with E-state index < -0.39 is 6.98 Å². The number of para-hydroxylation sites is 5. The van der Waals surface area contributed by atoms with Crippen LogP contribution in [-0.2, 0) is 24.8 Å². The fourth-order valence-electron chi connectivity index (χ4n) is 10.1. The van der Waals surface area contributed by atoms with E-state index in [1.807, 2.05) is 59.4 Å². The van der Waals surface area contributed by atoms with Gasteiger partial charge in [0, 0.05) is 11.3 Å². The summed E-state index contributed by atoms with van der Waals surface area (Å²) >= 11 is 2.45. The van der Waals surface area contributed by atoms with E-state index in [-0.39, 0.29) is 29.6 Å². The van der Waals surface area contributed by atoms with E-state index in [0.29, 0.717) is 28.7 Å². The first-order valence-electron chi connectivity index (χ1n) is 24.0. The number of ether oxygens (including phenoxy) is 1. The van der Waals surface area contributed by atoms with Crippen molar-refractivity contribution in [1.29, 1.82) is 0 Å². The molecule has 13 rings (SSSR count). The van der Waals surface area contributed by atoms with Gasteiger partial charge in [-0.1, -0.05) is 30.3 Å². The van der Waals surface area contributed by atoms with E-state index in [0.717, 1.165) is 82.0 Å². The molecule has 66 heavy (non-hydrogen) atoms. The third-order valence-electron chi connectivity index (χ3n) is 13.0. The molecule has 3 aliphatic rings. The summed E-state index contributed by atoms with van der Waals surface area (Å²) in [5.41, 5.74) is 15.8. The zero-order chi connectivity index (χ0) is 47.7. The molecule has 0 saturated heterocycles. The molecule has 0 unspecified atom stereocenters. The van der Waals surface area contributed by atoms with Crippen LogP contribution in [0.15, 0.2) is 188 Å². The molecule has 8 heteroatoms. The van der Waals surface area contributed by atoms with Gasteiger partial charge in [0.25, 0.3) is 0 Å². The molecule has 2 aromatic heterocycles. The molecule has 10 aromatic rings. The molecule has 0 bridgehead atoms. The van der Waals surface area contributed by atoms with E-state index >= 15 is 0 Å². The van der Waals surface area contributed by atoms with Gasteiger partial charge in [-0.2, -0.15) is 12.1 Å². The van der Waals surface area contributed by atoms with E-state index in [1.54, 1.807) is 0 Å². The van der Waals surface area contributed by atoms with Gasteiger partial charge in [-0.15, -0.1) is 6.07 Å². The van der Waals surface area contributed by atoms with Crippen LogP contribution in [0.2, 0.25) is 0 Å². The van der Waals surface area contributed by atoms with Crippen LogP contribution >= 0.6 is 0 Å². The Bertz CT molecular complexity index is 3910. The van der Waals surface area contributed by atoms with E-state index in [2.05, 4.69) is 175 Å². The minimum atomic E-state index is -0.469. The molecule has 0 saturated carbocycles. The van der Waals surface area contributed by atoms with Gasteiger partial charge in [0.15, 0.2) is 0 Å². The van der Waals surface area contributed by atoms with Crippen molar-refractivity contribution in [2.45, 2.75) is 26.2 Å². The van der Waals surface area contributed by atoms with Crippen LogP contribution in [0.3, 0.4) is 0 Å². The van der Waals surface area contributed by atoms with Crippen molar-refractivity contribution < 1.29 is 29.6 Å². The van der Waals surface area contributed by atoms with Gasteiger partial charge < -0.3 is 0 Å². The van der Waals surface area contributed by atoms with Crippen molar-refractivity contribution >= 4 is 46.4 Å². The fraction of sp³-hybridized carbons (Fsp3) is 0.0690. The van der Waals surface area contributed by atoms with Crippen molar-refractivity contribution in [3.63, 3.8) is 0 Å². The number of pyridine rings is 1. The predicted octanol–water partition coefficient (Wildman–Crippen LogP) is 13.6. The number of hydrogen-bond acceptors (Lipinski definition) is 4. The molecule has 0 fully saturated rings. The Balaban J connectivity index is 0.935. The Morgan fingerprint density at radius 2 is 1.29 bits per heavy atom. The topological polar surface area (TPSA) is 38.5 Å². The van der Waals surface area contributed by atoms with Crippen molar-refractivity contribution in [3.05, 3.63) is 209 Å². The SMILES string of the molecule is [2H]c1c([2H])c([2H])c2c(c1[2H])-c1cccc3c1B1N(c4[c-]cccc4N12)c1nc(Oc2[c-]c(-n4[c](=[Pt])n(-c5c(-c6ccccc6)cccc5-c5ccc(C(C)(C)C)cc5)c5ccccc54)ccc2)ccc1-3. The molecule has 6 nitrogen and oxygen atoms in total. The summed E-state index contributed by atoms with van der Waals surface area (Å²) in [7, 11) is 0. The zero-order valence-electron chi connectivity index (χ0n) is 40.1. The van der Waals surface area contributed by atoms with Crippen molar-refractivity contribution in [3.8, 4) is 67.5 Å². The Hall–Kier alpha value is -7.47. The van der Waals surface area contributed by atoms with E-state index in [9.17, 15) is 1.37 Å². The van der Waals surface area contributed by atoms with Gasteiger partial charge in [0.1, 0.15) is 0 Å². The van der Waals surface area contributed by atoms with Gasteiger partial charge >= 0.3 is 326 Å². The van der Waals surface area contributed by atoms with Crippen molar-refractivity contribution in [2.24, 2.45) is 0 Å². The number of hydrogen-bond donors (Lipinski definition) is 0. The number of nitrogens with zero attached hydrogens (tertiary/aromatic N) is 5. The standard InChI is InChI=1S/C58H40BN5O.Pt/c1-58(2,3)40-32-30-39(31-33-40)44-22-14-21-43(38-16-5-4-6-17-38)56(44)62-37-61(50-26-9-10-27-51(50)62)41-18-13-19-42(36-41)65-54-35-34-48-47-24-15-23-46-45-20-7-8-25-49(45)63-52-28-11-12-29-53(52)64(57(48)60-54)59(63)55(46)47;/h4-28,30-35H,1-3H3;/q-2;/i7D,8D,20D,25D;. The molecule has 0 radical (unpaired) electrons. The molecule has 0 spiro atoms. The summed E-state index contributed by atoms with van der Waals surface area (Å²) in [6.07, 6.45) is 0. The van der Waals surface area contributed by atoms with Crippen molar-refractivity contribution in [1.82, 2.24) is 14.1 Å². The Morgan fingerprint density at radius 3 is 2.06 bits per heavy atom. The first-order valence-corrected chi connectivity index (χ1v) is 23.1. The number of benzene rings is 8. The first kappa shape index (κ1) is 34.9. The van der Waals surface area contributed by atoms with Crippen molar-refractivity contribution in [2.75, 3.05) is 9.62 Å². The van der Waals surface area contributed by atoms with E-state index in [1.165, 1.54) is 5.56 Å². The monoisotopic (exact) mass is 1030 g/mol. The van der Waals surface area contributed by atoms with Crippen LogP contribution in [0.5, 0.6) is 11.6 Å². The van der Waals surface area contributed by atoms with Crippen LogP contribution in [0, 0.1) is 15.9 Å². The second-order valence-electron chi connectivity index (χ2n) is 17.8. The summed E-state index contributed by atoms with van der Waals surface area (Å²) < 4.78 is 47.8. The summed E-state index contributed by atoms with van der Waals surface area (Å²) in [5.74, 6) is 1.53. The predicted molar refractivity (Wildman–Crippen MR) is 264 cm³/mol. The zero-order valence-corrected chi connectivity index (χ0v) is 38.4. The number of aromatic nitrogens is 3. The second kappa shape index (κ2) is 14.8. The van der Waals surface area contributed by atoms with Crippen LogP contribution < -0.4 is 19.8 Å². The number of imidazole rings is 1. The maximum atomic E-state index is 9.18. The molecule has 318 valence electrons. The normalized spacial score (nSPS) is 13.9. The van der Waals surface area contributed by atoms with Crippen LogP contribution in [0.25, 0.3) is 66.9 Å². The third kappa shape index (κ3) is 5.86. The molecule has 0 N–H and O–H groups in total. The van der Waals surface area contributed by atoms with Gasteiger partial charge in [-0.05, 0) is 11.6 Å². The van der Waals surface area contributed by atoms with Gasteiger partial charge in [-0.3, -0.25) is 0 Å². The van der Waals surface area contributed by atoms with Crippen LogP contribution in [-0.4, -0.2) is 21.1 Å². The maximum absolute atomic E-state index is 9.18. The average Bonchev–Trinajstić information content (AvgIpc) is 3.88. The Kier molecular flexibility index (Phi) is 7.81. The number of fused-ring (bicyclic) bond motifs is 10. The van der Waals surface area contributed by atoms with Gasteiger partial charge in [0.05, 0.1) is 5.48 Å². The second-order valence-corrected chi connectivity index (χ2v) is 18.8. The quantitative estimate of drug-likeness (QED) is 0.123. The molecule has 0 atom stereocenters. The minimum absolute atomic E-state index is 0.0277. The molecule has 3 aliphatic heterocycles. The molecule has 0 amide bonds. The summed E-state index contributed by atoms with van der Waals surface area (Å²) in [5, 5.41) is 0. The number of anilines is 4. The van der Waals surface area contributed by atoms with Crippen LogP contribution in [0.1, 0.15) is 31.8 Å². The first-order chi connectivity index (χ1) is 34.0. The Morgan fingerprint density at radius 1 is 0.606 bits per heavy atom. The number of rotatable bonds is 6. The van der Waals surface area contributed by atoms with Crippen LogP contribution in [0.4, 0.5) is 22.9 Å². The summed E-state index contributed by atoms with van der Waals surface area (Å²) in [4.78, 5) is 9.40. The fourth-order valence-corrected chi connectivity index (χ4v) is 11.1. The molecule has 8 aromatic carbocycles. The Labute approximate surface area is 400 Å². The third-order valence-corrected chi connectivity index (χ3v) is 14.0. The average molecular weight is 1030 g/mol. The molecular weight excluding hydrogens is 989 g/mol. The van der Waals surface area contributed by atoms with Gasteiger partial charge in [-0.25, -0.2) is 0 Å². The summed E-state index contributed by atoms with van der Waals surface area (Å²) in [6.45, 7) is 6.26. The summed E-state index contributed by atoms with van der Waals surface area (Å²) in [6, 6.07) is 62.6. The van der Waals surface area contributed by atoms with Gasteiger partial charge in [0.2, 0.25) is 0 Å². The molecule has 5 heterocycles. The van der Waals surface area contributed by atoms with E-state index in [4.69, 9.17) is 13.8 Å². The molecular formula is C58H40BN5OPt-2.